The lowest BCUT2D eigenvalue weighted by Gasteiger charge is -2.47. The lowest BCUT2D eigenvalue weighted by Crippen LogP contribution is -2.56. The summed E-state index contributed by atoms with van der Waals surface area (Å²) in [7, 11) is 1.51. The zero-order valence-corrected chi connectivity index (χ0v) is 12.8. The normalized spacial score (nSPS) is 27.8. The average molecular weight is 295 g/mol. The van der Waals surface area contributed by atoms with E-state index in [1.807, 2.05) is 0 Å². The largest absolute Gasteiger partial charge is 0.481 e. The van der Waals surface area contributed by atoms with Crippen LogP contribution in [0.4, 0.5) is 0 Å². The van der Waals surface area contributed by atoms with Crippen LogP contribution in [0.3, 0.4) is 0 Å². The molecule has 0 bridgehead atoms. The SMILES string of the molecule is C=CCC1(C(=O)N2CCC[C@@](COC)(C(=O)O)C2)CCC1. The molecule has 1 saturated heterocycles. The zero-order chi connectivity index (χ0) is 15.5. The molecule has 2 rings (SSSR count). The minimum Gasteiger partial charge on any atom is -0.481 e. The van der Waals surface area contributed by atoms with Crippen molar-refractivity contribution >= 4 is 11.9 Å². The van der Waals surface area contributed by atoms with Crippen molar-refractivity contribution < 1.29 is 19.4 Å². The van der Waals surface area contributed by atoms with Crippen LogP contribution in [0.5, 0.6) is 0 Å². The number of piperidine rings is 1. The molecule has 0 aromatic carbocycles. The zero-order valence-electron chi connectivity index (χ0n) is 12.8. The lowest BCUT2D eigenvalue weighted by molar-refractivity contribution is -0.163. The standard InChI is InChI=1S/C16H25NO4/c1-3-6-15(7-4-8-15)13(18)17-10-5-9-16(11-17,12-21-2)14(19)20/h3H,1,4-12H2,2H3,(H,19,20)/t16-/m1/s1. The molecule has 0 radical (unpaired) electrons. The number of carbonyl (C=O) groups is 2. The quantitative estimate of drug-likeness (QED) is 0.762. The van der Waals surface area contributed by atoms with E-state index in [1.54, 1.807) is 11.0 Å². The molecule has 2 fully saturated rings. The van der Waals surface area contributed by atoms with Crippen LogP contribution in [0, 0.1) is 10.8 Å². The number of allylic oxidation sites excluding steroid dienone is 1. The summed E-state index contributed by atoms with van der Waals surface area (Å²) < 4.78 is 5.11. The first-order chi connectivity index (χ1) is 9.99. The second kappa shape index (κ2) is 6.18. The van der Waals surface area contributed by atoms with Crippen LogP contribution < -0.4 is 0 Å². The van der Waals surface area contributed by atoms with E-state index in [0.717, 1.165) is 19.3 Å². The van der Waals surface area contributed by atoms with Crippen LogP contribution >= 0.6 is 0 Å². The van der Waals surface area contributed by atoms with Gasteiger partial charge in [-0.1, -0.05) is 12.5 Å². The van der Waals surface area contributed by atoms with E-state index in [-0.39, 0.29) is 24.5 Å². The van der Waals surface area contributed by atoms with Crippen molar-refractivity contribution in [1.29, 1.82) is 0 Å². The van der Waals surface area contributed by atoms with Gasteiger partial charge in [0.25, 0.3) is 0 Å². The minimum absolute atomic E-state index is 0.107. The molecule has 1 heterocycles. The summed E-state index contributed by atoms with van der Waals surface area (Å²) in [6, 6.07) is 0. The molecule has 0 spiro atoms. The highest BCUT2D eigenvalue weighted by Gasteiger charge is 2.49. The number of rotatable bonds is 6. The van der Waals surface area contributed by atoms with E-state index in [0.29, 0.717) is 25.8 Å². The van der Waals surface area contributed by atoms with Crippen LogP contribution in [-0.4, -0.2) is 48.7 Å². The molecule has 118 valence electrons. The highest BCUT2D eigenvalue weighted by Crippen LogP contribution is 2.46. The van der Waals surface area contributed by atoms with E-state index in [2.05, 4.69) is 6.58 Å². The molecule has 0 aromatic heterocycles. The molecule has 21 heavy (non-hydrogen) atoms. The number of methoxy groups -OCH3 is 1. The second-order valence-electron chi connectivity index (χ2n) is 6.48. The molecule has 2 aliphatic rings. The number of carboxylic acid groups (broad SMARTS) is 1. The fourth-order valence-corrected chi connectivity index (χ4v) is 3.66. The van der Waals surface area contributed by atoms with E-state index < -0.39 is 11.4 Å². The maximum absolute atomic E-state index is 12.9. The third-order valence-corrected chi connectivity index (χ3v) is 5.04. The van der Waals surface area contributed by atoms with Gasteiger partial charge in [0.2, 0.25) is 5.91 Å². The van der Waals surface area contributed by atoms with Crippen LogP contribution in [0.2, 0.25) is 0 Å². The number of hydrogen-bond donors (Lipinski definition) is 1. The molecule has 5 heteroatoms. The first kappa shape index (κ1) is 16.0. The number of likely N-dealkylation sites (tertiary alicyclic amines) is 1. The van der Waals surface area contributed by atoms with Gasteiger partial charge in [-0.25, -0.2) is 0 Å². The Hall–Kier alpha value is -1.36. The summed E-state index contributed by atoms with van der Waals surface area (Å²) in [5.74, 6) is -0.761. The Bertz CT molecular complexity index is 426. The summed E-state index contributed by atoms with van der Waals surface area (Å²) >= 11 is 0. The molecule has 1 atom stereocenters. The van der Waals surface area contributed by atoms with Gasteiger partial charge in [-0.05, 0) is 32.1 Å². The molecule has 0 unspecified atom stereocenters. The minimum atomic E-state index is -0.957. The summed E-state index contributed by atoms with van der Waals surface area (Å²) in [6.07, 6.45) is 6.61. The molecule has 1 aliphatic heterocycles. The summed E-state index contributed by atoms with van der Waals surface area (Å²) in [4.78, 5) is 26.3. The highest BCUT2D eigenvalue weighted by molar-refractivity contribution is 5.85. The smallest absolute Gasteiger partial charge is 0.313 e. The van der Waals surface area contributed by atoms with Crippen molar-refractivity contribution in [2.45, 2.75) is 38.5 Å². The van der Waals surface area contributed by atoms with E-state index in [4.69, 9.17) is 4.74 Å². The monoisotopic (exact) mass is 295 g/mol. The van der Waals surface area contributed by atoms with Crippen molar-refractivity contribution in [3.8, 4) is 0 Å². The summed E-state index contributed by atoms with van der Waals surface area (Å²) in [5.41, 5.74) is -1.28. The first-order valence-corrected chi connectivity index (χ1v) is 7.62. The van der Waals surface area contributed by atoms with Crippen molar-refractivity contribution in [3.05, 3.63) is 12.7 Å². The Morgan fingerprint density at radius 1 is 1.29 bits per heavy atom. The van der Waals surface area contributed by atoms with Crippen molar-refractivity contribution in [3.63, 3.8) is 0 Å². The van der Waals surface area contributed by atoms with Gasteiger partial charge in [0, 0.05) is 20.2 Å². The van der Waals surface area contributed by atoms with Gasteiger partial charge in [-0.15, -0.1) is 6.58 Å². The number of ether oxygens (including phenoxy) is 1. The Morgan fingerprint density at radius 2 is 1.95 bits per heavy atom. The topological polar surface area (TPSA) is 66.8 Å². The predicted molar refractivity (Wildman–Crippen MR) is 78.9 cm³/mol. The van der Waals surface area contributed by atoms with Crippen molar-refractivity contribution in [1.82, 2.24) is 4.90 Å². The predicted octanol–water partition coefficient (Wildman–Crippen LogP) is 2.07. The summed E-state index contributed by atoms with van der Waals surface area (Å²) in [6.45, 7) is 4.82. The van der Waals surface area contributed by atoms with Gasteiger partial charge in [0.1, 0.15) is 5.41 Å². The van der Waals surface area contributed by atoms with Gasteiger partial charge in [-0.3, -0.25) is 9.59 Å². The Labute approximate surface area is 126 Å². The van der Waals surface area contributed by atoms with E-state index in [1.165, 1.54) is 7.11 Å². The van der Waals surface area contributed by atoms with Gasteiger partial charge in [-0.2, -0.15) is 0 Å². The molecular formula is C16H25NO4. The number of carboxylic acids is 1. The van der Waals surface area contributed by atoms with Crippen LogP contribution in [0.25, 0.3) is 0 Å². The fourth-order valence-electron chi connectivity index (χ4n) is 3.66. The number of carbonyl (C=O) groups excluding carboxylic acids is 1. The maximum atomic E-state index is 12.9. The van der Waals surface area contributed by atoms with Gasteiger partial charge in [0.15, 0.2) is 0 Å². The maximum Gasteiger partial charge on any atom is 0.313 e. The molecule has 1 N–H and O–H groups in total. The van der Waals surface area contributed by atoms with Gasteiger partial charge < -0.3 is 14.7 Å². The van der Waals surface area contributed by atoms with E-state index in [9.17, 15) is 14.7 Å². The van der Waals surface area contributed by atoms with Crippen molar-refractivity contribution in [2.75, 3.05) is 26.8 Å². The lowest BCUT2D eigenvalue weighted by atomic mass is 9.65. The number of hydrogen-bond acceptors (Lipinski definition) is 3. The fraction of sp³-hybridized carbons (Fsp3) is 0.750. The van der Waals surface area contributed by atoms with Gasteiger partial charge in [0.05, 0.1) is 12.0 Å². The first-order valence-electron chi connectivity index (χ1n) is 7.62. The van der Waals surface area contributed by atoms with Crippen LogP contribution in [0.15, 0.2) is 12.7 Å². The number of aliphatic carboxylic acids is 1. The number of nitrogens with zero attached hydrogens (tertiary/aromatic N) is 1. The average Bonchev–Trinajstić information content (AvgIpc) is 2.42. The molecule has 5 nitrogen and oxygen atoms in total. The third-order valence-electron chi connectivity index (χ3n) is 5.04. The second-order valence-corrected chi connectivity index (χ2v) is 6.48. The molecule has 1 amide bonds. The van der Waals surface area contributed by atoms with E-state index >= 15 is 0 Å². The van der Waals surface area contributed by atoms with Crippen LogP contribution in [0.1, 0.15) is 38.5 Å². The van der Waals surface area contributed by atoms with Gasteiger partial charge >= 0.3 is 5.97 Å². The van der Waals surface area contributed by atoms with Crippen LogP contribution in [-0.2, 0) is 14.3 Å². The molecule has 0 aromatic rings. The van der Waals surface area contributed by atoms with Crippen molar-refractivity contribution in [2.24, 2.45) is 10.8 Å². The highest BCUT2D eigenvalue weighted by atomic mass is 16.5. The molecule has 1 saturated carbocycles. The summed E-state index contributed by atoms with van der Waals surface area (Å²) in [5, 5.41) is 9.56. The Morgan fingerprint density at radius 3 is 2.43 bits per heavy atom. The Balaban J connectivity index is 2.14. The molecule has 1 aliphatic carbocycles. The Kier molecular flexibility index (Phi) is 4.71. The number of amides is 1. The third kappa shape index (κ3) is 2.84. The molecular weight excluding hydrogens is 270 g/mol.